The molecule has 0 aromatic heterocycles. The minimum atomic E-state index is 0.584. The fraction of sp³-hybridized carbons (Fsp3) is 0. The molecular formula is C28H18Br2N4. The minimum absolute atomic E-state index is 0.584. The molecule has 0 N–H and O–H groups in total. The Morgan fingerprint density at radius 3 is 1.24 bits per heavy atom. The predicted octanol–water partition coefficient (Wildman–Crippen LogP) is 8.14. The first-order chi connectivity index (χ1) is 16.6. The van der Waals surface area contributed by atoms with Gasteiger partial charge in [0.15, 0.2) is 0 Å². The van der Waals surface area contributed by atoms with Crippen LogP contribution in [0.15, 0.2) is 116 Å². The SMILES string of the molecule is N#Cc1ccccc1N=Cc1ccc(Br)cc1.N#Cc1ccccc1N=Cc1ccc(Br)cc1. The Hall–Kier alpha value is -3.84. The Morgan fingerprint density at radius 1 is 0.529 bits per heavy atom. The molecule has 4 nitrogen and oxygen atoms in total. The van der Waals surface area contributed by atoms with Crippen molar-refractivity contribution in [3.05, 3.63) is 128 Å². The number of halogens is 2. The van der Waals surface area contributed by atoms with Crippen molar-refractivity contribution in [2.75, 3.05) is 0 Å². The molecule has 0 atom stereocenters. The lowest BCUT2D eigenvalue weighted by Gasteiger charge is -1.96. The van der Waals surface area contributed by atoms with Gasteiger partial charge in [0.2, 0.25) is 0 Å². The Morgan fingerprint density at radius 2 is 0.882 bits per heavy atom. The molecule has 164 valence electrons. The Labute approximate surface area is 215 Å². The molecule has 0 saturated heterocycles. The molecule has 34 heavy (non-hydrogen) atoms. The molecule has 0 aliphatic carbocycles. The second-order valence-corrected chi connectivity index (χ2v) is 8.71. The molecule has 0 amide bonds. The Kier molecular flexibility index (Phi) is 9.49. The van der Waals surface area contributed by atoms with Gasteiger partial charge in [-0.2, -0.15) is 10.5 Å². The monoisotopic (exact) mass is 568 g/mol. The molecule has 0 fully saturated rings. The van der Waals surface area contributed by atoms with E-state index in [4.69, 9.17) is 10.5 Å². The quantitative estimate of drug-likeness (QED) is 0.233. The normalized spacial score (nSPS) is 10.4. The first-order valence-corrected chi connectivity index (χ1v) is 11.7. The van der Waals surface area contributed by atoms with E-state index in [0.29, 0.717) is 22.5 Å². The lowest BCUT2D eigenvalue weighted by Crippen LogP contribution is -1.81. The lowest BCUT2D eigenvalue weighted by molar-refractivity contribution is 1.44. The van der Waals surface area contributed by atoms with Crippen molar-refractivity contribution < 1.29 is 0 Å². The smallest absolute Gasteiger partial charge is 0.101 e. The predicted molar refractivity (Wildman–Crippen MR) is 145 cm³/mol. The second-order valence-electron chi connectivity index (χ2n) is 6.88. The van der Waals surface area contributed by atoms with Crippen LogP contribution < -0.4 is 0 Å². The van der Waals surface area contributed by atoms with Crippen LogP contribution in [0, 0.1) is 22.7 Å². The van der Waals surface area contributed by atoms with Crippen molar-refractivity contribution in [1.29, 1.82) is 10.5 Å². The standard InChI is InChI=1S/2C14H9BrN2/c2*15-13-7-5-11(6-8-13)10-17-14-4-2-1-3-12(14)9-16/h2*1-8,10H. The zero-order chi connectivity index (χ0) is 24.2. The zero-order valence-corrected chi connectivity index (χ0v) is 21.1. The molecule has 0 aliphatic heterocycles. The summed E-state index contributed by atoms with van der Waals surface area (Å²) in [4.78, 5) is 8.63. The van der Waals surface area contributed by atoms with Gasteiger partial charge in [-0.05, 0) is 59.7 Å². The molecule has 4 aromatic rings. The molecule has 0 bridgehead atoms. The van der Waals surface area contributed by atoms with E-state index in [1.54, 1.807) is 24.6 Å². The van der Waals surface area contributed by atoms with E-state index in [9.17, 15) is 0 Å². The van der Waals surface area contributed by atoms with Gasteiger partial charge in [-0.25, -0.2) is 0 Å². The molecule has 0 unspecified atom stereocenters. The van der Waals surface area contributed by atoms with E-state index in [0.717, 1.165) is 20.1 Å². The Balaban J connectivity index is 0.000000191. The van der Waals surface area contributed by atoms with Crippen LogP contribution in [0.1, 0.15) is 22.3 Å². The maximum Gasteiger partial charge on any atom is 0.101 e. The molecule has 4 aromatic carbocycles. The van der Waals surface area contributed by atoms with Crippen LogP contribution in [-0.2, 0) is 0 Å². The van der Waals surface area contributed by atoms with Crippen molar-refractivity contribution in [3.63, 3.8) is 0 Å². The van der Waals surface area contributed by atoms with Gasteiger partial charge in [-0.3, -0.25) is 9.98 Å². The van der Waals surface area contributed by atoms with Crippen LogP contribution in [0.4, 0.5) is 11.4 Å². The van der Waals surface area contributed by atoms with E-state index in [1.807, 2.05) is 84.9 Å². The molecular weight excluding hydrogens is 552 g/mol. The number of aliphatic imine (C=N–C) groups is 2. The molecule has 4 rings (SSSR count). The van der Waals surface area contributed by atoms with Crippen molar-refractivity contribution >= 4 is 55.7 Å². The number of rotatable bonds is 4. The number of benzene rings is 4. The van der Waals surface area contributed by atoms with Crippen molar-refractivity contribution in [2.24, 2.45) is 9.98 Å². The van der Waals surface area contributed by atoms with E-state index < -0.39 is 0 Å². The highest BCUT2D eigenvalue weighted by Crippen LogP contribution is 2.19. The van der Waals surface area contributed by atoms with Gasteiger partial charge >= 0.3 is 0 Å². The Bertz CT molecular complexity index is 1270. The van der Waals surface area contributed by atoms with Gasteiger partial charge in [0.1, 0.15) is 12.1 Å². The van der Waals surface area contributed by atoms with Crippen molar-refractivity contribution in [1.82, 2.24) is 0 Å². The third-order valence-electron chi connectivity index (χ3n) is 4.49. The summed E-state index contributed by atoms with van der Waals surface area (Å²) in [5, 5.41) is 17.8. The summed E-state index contributed by atoms with van der Waals surface area (Å²) in [7, 11) is 0. The molecule has 0 spiro atoms. The first-order valence-electron chi connectivity index (χ1n) is 10.2. The summed E-state index contributed by atoms with van der Waals surface area (Å²) in [6.45, 7) is 0. The molecule has 6 heteroatoms. The molecule has 0 aliphatic rings. The van der Waals surface area contributed by atoms with Gasteiger partial charge in [0.25, 0.3) is 0 Å². The highest BCUT2D eigenvalue weighted by atomic mass is 79.9. The van der Waals surface area contributed by atoms with Crippen LogP contribution in [0.5, 0.6) is 0 Å². The van der Waals surface area contributed by atoms with Gasteiger partial charge < -0.3 is 0 Å². The maximum atomic E-state index is 8.92. The van der Waals surface area contributed by atoms with Gasteiger partial charge in [-0.1, -0.05) is 80.4 Å². The largest absolute Gasteiger partial charge is 0.255 e. The number of nitriles is 2. The molecule has 0 radical (unpaired) electrons. The highest BCUT2D eigenvalue weighted by molar-refractivity contribution is 9.10. The van der Waals surface area contributed by atoms with E-state index in [-0.39, 0.29) is 0 Å². The fourth-order valence-electron chi connectivity index (χ4n) is 2.75. The lowest BCUT2D eigenvalue weighted by atomic mass is 10.2. The zero-order valence-electron chi connectivity index (χ0n) is 17.9. The van der Waals surface area contributed by atoms with Gasteiger partial charge in [-0.15, -0.1) is 0 Å². The summed E-state index contributed by atoms with van der Waals surface area (Å²) >= 11 is 6.75. The number of para-hydroxylation sites is 2. The summed E-state index contributed by atoms with van der Waals surface area (Å²) in [6, 6.07) is 34.5. The van der Waals surface area contributed by atoms with E-state index in [1.165, 1.54) is 0 Å². The van der Waals surface area contributed by atoms with Crippen molar-refractivity contribution in [3.8, 4) is 12.1 Å². The fourth-order valence-corrected chi connectivity index (χ4v) is 3.28. The summed E-state index contributed by atoms with van der Waals surface area (Å²) in [5.41, 5.74) is 4.56. The van der Waals surface area contributed by atoms with Gasteiger partial charge in [0, 0.05) is 21.4 Å². The average Bonchev–Trinajstić information content (AvgIpc) is 2.89. The number of hydrogen-bond acceptors (Lipinski definition) is 4. The third-order valence-corrected chi connectivity index (χ3v) is 5.55. The van der Waals surface area contributed by atoms with Crippen LogP contribution in [-0.4, -0.2) is 12.4 Å². The first kappa shape index (κ1) is 24.8. The third kappa shape index (κ3) is 7.64. The van der Waals surface area contributed by atoms with Crippen LogP contribution in [0.2, 0.25) is 0 Å². The molecule has 0 saturated carbocycles. The second kappa shape index (κ2) is 13.0. The highest BCUT2D eigenvalue weighted by Gasteiger charge is 1.98. The van der Waals surface area contributed by atoms with Crippen molar-refractivity contribution in [2.45, 2.75) is 0 Å². The maximum absolute atomic E-state index is 8.92. The van der Waals surface area contributed by atoms with Crippen LogP contribution in [0.25, 0.3) is 0 Å². The number of hydrogen-bond donors (Lipinski definition) is 0. The summed E-state index contributed by atoms with van der Waals surface area (Å²) < 4.78 is 2.07. The van der Waals surface area contributed by atoms with E-state index in [2.05, 4.69) is 54.0 Å². The molecule has 0 heterocycles. The van der Waals surface area contributed by atoms with E-state index >= 15 is 0 Å². The average molecular weight is 570 g/mol. The van der Waals surface area contributed by atoms with Crippen LogP contribution in [0.3, 0.4) is 0 Å². The summed E-state index contributed by atoms with van der Waals surface area (Å²) in [5.74, 6) is 0. The number of nitrogens with zero attached hydrogens (tertiary/aromatic N) is 4. The van der Waals surface area contributed by atoms with Crippen LogP contribution >= 0.6 is 31.9 Å². The van der Waals surface area contributed by atoms with Gasteiger partial charge in [0.05, 0.1) is 22.5 Å². The summed E-state index contributed by atoms with van der Waals surface area (Å²) in [6.07, 6.45) is 3.51. The minimum Gasteiger partial charge on any atom is -0.255 e. The topological polar surface area (TPSA) is 72.3 Å².